The molecule has 0 saturated carbocycles. The van der Waals surface area contributed by atoms with E-state index in [9.17, 15) is 9.18 Å². The van der Waals surface area contributed by atoms with Crippen molar-refractivity contribution in [1.82, 2.24) is 0 Å². The van der Waals surface area contributed by atoms with Gasteiger partial charge in [-0.25, -0.2) is 0 Å². The second-order valence-electron chi connectivity index (χ2n) is 2.66. The highest BCUT2D eigenvalue weighted by Crippen LogP contribution is 2.18. The molecular formula is C10H11FO. The molecule has 0 aliphatic rings. The van der Waals surface area contributed by atoms with Crippen molar-refractivity contribution in [2.24, 2.45) is 0 Å². The number of carbonyl (C=O) groups excluding carboxylic acids is 1. The van der Waals surface area contributed by atoms with Crippen LogP contribution >= 0.6 is 0 Å². The van der Waals surface area contributed by atoms with E-state index in [4.69, 9.17) is 0 Å². The average Bonchev–Trinajstić information content (AvgIpc) is 2.15. The predicted molar refractivity (Wildman–Crippen MR) is 45.8 cm³/mol. The van der Waals surface area contributed by atoms with Crippen molar-refractivity contribution >= 4 is 6.29 Å². The molecule has 0 aromatic heterocycles. The minimum absolute atomic E-state index is 0.260. The lowest BCUT2D eigenvalue weighted by molar-refractivity contribution is -0.108. The first-order chi connectivity index (χ1) is 5.88. The van der Waals surface area contributed by atoms with Crippen LogP contribution in [0.3, 0.4) is 0 Å². The maximum absolute atomic E-state index is 12.4. The second kappa shape index (κ2) is 4.65. The number of benzene rings is 1. The normalized spacial score (nSPS) is 12.4. The molecule has 0 unspecified atom stereocenters. The highest BCUT2D eigenvalue weighted by atomic mass is 19.1. The monoisotopic (exact) mass is 166 g/mol. The Balaban J connectivity index is 2.72. The first kappa shape index (κ1) is 8.91. The maximum Gasteiger partial charge on any atom is 0.120 e. The van der Waals surface area contributed by atoms with Crippen LogP contribution in [-0.2, 0) is 4.79 Å². The summed E-state index contributed by atoms with van der Waals surface area (Å²) in [5.74, 6) is -0.260. The van der Waals surface area contributed by atoms with Crippen LogP contribution < -0.4 is 0 Å². The fraction of sp³-hybridized carbons (Fsp3) is 0.300. The molecule has 2 heteroatoms. The van der Waals surface area contributed by atoms with Gasteiger partial charge in [-0.1, -0.05) is 30.3 Å². The van der Waals surface area contributed by atoms with Gasteiger partial charge >= 0.3 is 0 Å². The predicted octanol–water partition coefficient (Wildman–Crippen LogP) is 2.33. The standard InChI is InChI=1S/C10H11FO/c11-8-10(6-7-12)9-4-2-1-3-5-9/h1-5,7,10H,6,8H2/t10-/m1/s1. The number of hydrogen-bond donors (Lipinski definition) is 0. The first-order valence-corrected chi connectivity index (χ1v) is 3.93. The number of halogens is 1. The van der Waals surface area contributed by atoms with E-state index in [1.54, 1.807) is 0 Å². The Morgan fingerprint density at radius 1 is 1.33 bits per heavy atom. The molecule has 1 atom stereocenters. The minimum atomic E-state index is -0.469. The van der Waals surface area contributed by atoms with Crippen molar-refractivity contribution in [2.75, 3.05) is 6.67 Å². The third-order valence-electron chi connectivity index (χ3n) is 1.84. The summed E-state index contributed by atoms with van der Waals surface area (Å²) in [6.45, 7) is -0.469. The Morgan fingerprint density at radius 3 is 2.50 bits per heavy atom. The highest BCUT2D eigenvalue weighted by Gasteiger charge is 2.08. The zero-order valence-corrected chi connectivity index (χ0v) is 6.74. The Bertz CT molecular complexity index is 233. The molecule has 1 rings (SSSR count). The number of alkyl halides is 1. The van der Waals surface area contributed by atoms with Crippen LogP contribution in [0.15, 0.2) is 30.3 Å². The van der Waals surface area contributed by atoms with Crippen LogP contribution in [0.5, 0.6) is 0 Å². The summed E-state index contributed by atoms with van der Waals surface area (Å²) in [4.78, 5) is 10.2. The molecule has 1 aromatic rings. The van der Waals surface area contributed by atoms with Crippen molar-refractivity contribution in [3.8, 4) is 0 Å². The Hall–Kier alpha value is -1.18. The summed E-state index contributed by atoms with van der Waals surface area (Å²) in [6.07, 6.45) is 1.03. The van der Waals surface area contributed by atoms with Crippen LogP contribution in [0, 0.1) is 0 Å². The Labute approximate surface area is 71.2 Å². The van der Waals surface area contributed by atoms with Gasteiger partial charge in [0.15, 0.2) is 0 Å². The van der Waals surface area contributed by atoms with Gasteiger partial charge in [0, 0.05) is 12.3 Å². The summed E-state index contributed by atoms with van der Waals surface area (Å²) < 4.78 is 12.4. The van der Waals surface area contributed by atoms with E-state index in [-0.39, 0.29) is 12.3 Å². The Kier molecular flexibility index (Phi) is 3.45. The largest absolute Gasteiger partial charge is 0.303 e. The summed E-state index contributed by atoms with van der Waals surface area (Å²) >= 11 is 0. The van der Waals surface area contributed by atoms with E-state index in [0.717, 1.165) is 11.8 Å². The Morgan fingerprint density at radius 2 is 2.00 bits per heavy atom. The van der Waals surface area contributed by atoms with Crippen LogP contribution in [0.1, 0.15) is 17.9 Å². The van der Waals surface area contributed by atoms with Gasteiger partial charge in [-0.05, 0) is 5.56 Å². The molecule has 0 radical (unpaired) electrons. The van der Waals surface area contributed by atoms with Gasteiger partial charge in [-0.15, -0.1) is 0 Å². The molecule has 0 amide bonds. The topological polar surface area (TPSA) is 17.1 Å². The molecule has 0 heterocycles. The van der Waals surface area contributed by atoms with Gasteiger partial charge in [-0.3, -0.25) is 4.39 Å². The number of carbonyl (C=O) groups is 1. The van der Waals surface area contributed by atoms with Crippen molar-refractivity contribution < 1.29 is 9.18 Å². The van der Waals surface area contributed by atoms with E-state index in [0.29, 0.717) is 0 Å². The molecule has 12 heavy (non-hydrogen) atoms. The zero-order chi connectivity index (χ0) is 8.81. The molecule has 0 aliphatic carbocycles. The molecular weight excluding hydrogens is 155 g/mol. The molecule has 0 fully saturated rings. The quantitative estimate of drug-likeness (QED) is 0.627. The van der Waals surface area contributed by atoms with Gasteiger partial charge in [0.25, 0.3) is 0 Å². The molecule has 0 saturated heterocycles. The van der Waals surface area contributed by atoms with Gasteiger partial charge < -0.3 is 4.79 Å². The summed E-state index contributed by atoms with van der Waals surface area (Å²) in [7, 11) is 0. The summed E-state index contributed by atoms with van der Waals surface area (Å²) in [5, 5.41) is 0. The van der Waals surface area contributed by atoms with Crippen LogP contribution in [0.25, 0.3) is 0 Å². The number of hydrogen-bond acceptors (Lipinski definition) is 1. The van der Waals surface area contributed by atoms with Crippen molar-refractivity contribution in [3.63, 3.8) is 0 Å². The molecule has 0 bridgehead atoms. The zero-order valence-electron chi connectivity index (χ0n) is 6.74. The SMILES string of the molecule is O=CC[C@H](CF)c1ccccc1. The molecule has 1 nitrogen and oxygen atoms in total. The highest BCUT2D eigenvalue weighted by molar-refractivity contribution is 5.51. The second-order valence-corrected chi connectivity index (χ2v) is 2.66. The van der Waals surface area contributed by atoms with Crippen LogP contribution in [0.2, 0.25) is 0 Å². The maximum atomic E-state index is 12.4. The lowest BCUT2D eigenvalue weighted by Crippen LogP contribution is -2.01. The van der Waals surface area contributed by atoms with Gasteiger partial charge in [0.1, 0.15) is 6.29 Å². The van der Waals surface area contributed by atoms with E-state index >= 15 is 0 Å². The van der Waals surface area contributed by atoms with E-state index < -0.39 is 6.67 Å². The smallest absolute Gasteiger partial charge is 0.120 e. The van der Waals surface area contributed by atoms with Crippen molar-refractivity contribution in [2.45, 2.75) is 12.3 Å². The number of aldehydes is 1. The summed E-state index contributed by atoms with van der Waals surface area (Å²) in [5.41, 5.74) is 0.895. The fourth-order valence-electron chi connectivity index (χ4n) is 1.13. The van der Waals surface area contributed by atoms with E-state index in [2.05, 4.69) is 0 Å². The third-order valence-corrected chi connectivity index (χ3v) is 1.84. The average molecular weight is 166 g/mol. The minimum Gasteiger partial charge on any atom is -0.303 e. The molecule has 0 N–H and O–H groups in total. The van der Waals surface area contributed by atoms with Crippen LogP contribution in [-0.4, -0.2) is 13.0 Å². The van der Waals surface area contributed by atoms with Crippen LogP contribution in [0.4, 0.5) is 4.39 Å². The van der Waals surface area contributed by atoms with Gasteiger partial charge in [0.05, 0.1) is 6.67 Å². The molecule has 0 aliphatic heterocycles. The van der Waals surface area contributed by atoms with Crippen molar-refractivity contribution in [3.05, 3.63) is 35.9 Å². The third kappa shape index (κ3) is 2.16. The molecule has 64 valence electrons. The summed E-state index contributed by atoms with van der Waals surface area (Å²) in [6, 6.07) is 9.26. The van der Waals surface area contributed by atoms with Crippen molar-refractivity contribution in [1.29, 1.82) is 0 Å². The van der Waals surface area contributed by atoms with E-state index in [1.807, 2.05) is 30.3 Å². The number of rotatable bonds is 4. The van der Waals surface area contributed by atoms with Gasteiger partial charge in [-0.2, -0.15) is 0 Å². The lowest BCUT2D eigenvalue weighted by Gasteiger charge is -2.08. The molecule has 0 spiro atoms. The molecule has 1 aromatic carbocycles. The first-order valence-electron chi connectivity index (χ1n) is 3.93. The lowest BCUT2D eigenvalue weighted by atomic mass is 9.98. The fourth-order valence-corrected chi connectivity index (χ4v) is 1.13. The van der Waals surface area contributed by atoms with E-state index in [1.165, 1.54) is 0 Å². The van der Waals surface area contributed by atoms with Gasteiger partial charge in [0.2, 0.25) is 0 Å².